The summed E-state index contributed by atoms with van der Waals surface area (Å²) in [6.45, 7) is 2.92. The number of benzene rings is 1. The maximum atomic E-state index is 11.0. The lowest BCUT2D eigenvalue weighted by Gasteiger charge is -2.17. The molecule has 0 amide bonds. The fraction of sp³-hybridized carbons (Fsp3) is 0.500. The molecule has 1 aromatic carbocycles. The first-order valence-corrected chi connectivity index (χ1v) is 6.60. The molecular weight excluding hydrogens is 250 g/mol. The summed E-state index contributed by atoms with van der Waals surface area (Å²) in [7, 11) is 1.41. The van der Waals surface area contributed by atoms with Gasteiger partial charge in [0.05, 0.1) is 7.11 Å². The van der Waals surface area contributed by atoms with Crippen LogP contribution in [0.2, 0.25) is 5.02 Å². The summed E-state index contributed by atoms with van der Waals surface area (Å²) in [4.78, 5) is 11.0. The minimum absolute atomic E-state index is 0.160. The summed E-state index contributed by atoms with van der Waals surface area (Å²) in [6, 6.07) is 8.14. The number of nitrogens with one attached hydrogen (secondary N) is 1. The van der Waals surface area contributed by atoms with Gasteiger partial charge in [-0.05, 0) is 37.1 Å². The second-order valence-electron chi connectivity index (χ2n) is 4.15. The third-order valence-electron chi connectivity index (χ3n) is 2.84. The van der Waals surface area contributed by atoms with Crippen LogP contribution in [0.25, 0.3) is 0 Å². The quantitative estimate of drug-likeness (QED) is 0.609. The number of rotatable bonds is 7. The number of esters is 1. The highest BCUT2D eigenvalue weighted by Crippen LogP contribution is 2.20. The van der Waals surface area contributed by atoms with Crippen molar-refractivity contribution in [3.8, 4) is 0 Å². The summed E-state index contributed by atoms with van der Waals surface area (Å²) in [5, 5.41) is 4.18. The molecule has 100 valence electrons. The summed E-state index contributed by atoms with van der Waals surface area (Å²) in [5.74, 6) is -0.160. The highest BCUT2D eigenvalue weighted by molar-refractivity contribution is 6.30. The maximum absolute atomic E-state index is 11.0. The molecule has 0 saturated heterocycles. The Bertz CT molecular complexity index is 382. The van der Waals surface area contributed by atoms with Gasteiger partial charge in [-0.3, -0.25) is 4.79 Å². The third kappa shape index (κ3) is 5.07. The Morgan fingerprint density at radius 2 is 2.28 bits per heavy atom. The van der Waals surface area contributed by atoms with Gasteiger partial charge in [-0.1, -0.05) is 30.7 Å². The first kappa shape index (κ1) is 15.0. The molecule has 3 nitrogen and oxygen atoms in total. The van der Waals surface area contributed by atoms with Crippen molar-refractivity contribution in [3.63, 3.8) is 0 Å². The Kier molecular flexibility index (Phi) is 6.76. The van der Waals surface area contributed by atoms with E-state index in [-0.39, 0.29) is 12.0 Å². The van der Waals surface area contributed by atoms with E-state index in [1.165, 1.54) is 12.7 Å². The Balaban J connectivity index is 2.40. The predicted molar refractivity (Wildman–Crippen MR) is 73.7 cm³/mol. The van der Waals surface area contributed by atoms with Crippen LogP contribution in [-0.2, 0) is 9.53 Å². The van der Waals surface area contributed by atoms with E-state index in [1.807, 2.05) is 18.2 Å². The minimum atomic E-state index is -0.160. The van der Waals surface area contributed by atoms with Crippen LogP contribution in [0.4, 0.5) is 0 Å². The van der Waals surface area contributed by atoms with Gasteiger partial charge in [0, 0.05) is 17.5 Å². The van der Waals surface area contributed by atoms with Crippen molar-refractivity contribution in [2.75, 3.05) is 13.7 Å². The highest BCUT2D eigenvalue weighted by Gasteiger charge is 2.09. The molecule has 1 unspecified atom stereocenters. The average molecular weight is 270 g/mol. The van der Waals surface area contributed by atoms with E-state index < -0.39 is 0 Å². The fourth-order valence-corrected chi connectivity index (χ4v) is 2.03. The second-order valence-corrected chi connectivity index (χ2v) is 4.59. The van der Waals surface area contributed by atoms with Crippen molar-refractivity contribution in [3.05, 3.63) is 34.9 Å². The van der Waals surface area contributed by atoms with Crippen LogP contribution in [0.15, 0.2) is 24.3 Å². The van der Waals surface area contributed by atoms with Crippen LogP contribution < -0.4 is 5.32 Å². The molecule has 1 aromatic rings. The number of carbonyl (C=O) groups is 1. The lowest BCUT2D eigenvalue weighted by atomic mass is 10.0. The molecule has 1 N–H and O–H groups in total. The summed E-state index contributed by atoms with van der Waals surface area (Å²) < 4.78 is 4.60. The van der Waals surface area contributed by atoms with Crippen molar-refractivity contribution in [1.29, 1.82) is 0 Å². The molecule has 0 saturated carbocycles. The molecule has 0 aliphatic heterocycles. The van der Waals surface area contributed by atoms with Gasteiger partial charge < -0.3 is 10.1 Å². The van der Waals surface area contributed by atoms with Crippen LogP contribution in [0.1, 0.15) is 37.8 Å². The van der Waals surface area contributed by atoms with Gasteiger partial charge in [0.1, 0.15) is 0 Å². The van der Waals surface area contributed by atoms with E-state index in [4.69, 9.17) is 11.6 Å². The SMILES string of the molecule is CCC(NCCCC(=O)OC)c1cccc(Cl)c1. The van der Waals surface area contributed by atoms with Crippen LogP contribution in [-0.4, -0.2) is 19.6 Å². The molecule has 0 aliphatic carbocycles. The first-order chi connectivity index (χ1) is 8.67. The zero-order chi connectivity index (χ0) is 13.4. The molecule has 1 rings (SSSR count). The van der Waals surface area contributed by atoms with Gasteiger partial charge in [0.2, 0.25) is 0 Å². The van der Waals surface area contributed by atoms with Gasteiger partial charge >= 0.3 is 5.97 Å². The van der Waals surface area contributed by atoms with E-state index in [0.29, 0.717) is 6.42 Å². The number of methoxy groups -OCH3 is 1. The molecular formula is C14H20ClNO2. The largest absolute Gasteiger partial charge is 0.469 e. The molecule has 0 spiro atoms. The molecule has 4 heteroatoms. The van der Waals surface area contributed by atoms with Crippen molar-refractivity contribution in [2.45, 2.75) is 32.2 Å². The smallest absolute Gasteiger partial charge is 0.305 e. The van der Waals surface area contributed by atoms with E-state index in [2.05, 4.69) is 23.0 Å². The highest BCUT2D eigenvalue weighted by atomic mass is 35.5. The maximum Gasteiger partial charge on any atom is 0.305 e. The fourth-order valence-electron chi connectivity index (χ4n) is 1.83. The lowest BCUT2D eigenvalue weighted by Crippen LogP contribution is -2.22. The monoisotopic (exact) mass is 269 g/mol. The normalized spacial score (nSPS) is 12.2. The number of ether oxygens (including phenoxy) is 1. The van der Waals surface area contributed by atoms with Gasteiger partial charge in [-0.2, -0.15) is 0 Å². The van der Waals surface area contributed by atoms with Crippen LogP contribution in [0.3, 0.4) is 0 Å². The molecule has 0 heterocycles. The Morgan fingerprint density at radius 1 is 1.50 bits per heavy atom. The molecule has 0 fully saturated rings. The number of hydrogen-bond acceptors (Lipinski definition) is 3. The first-order valence-electron chi connectivity index (χ1n) is 6.23. The number of halogens is 1. The molecule has 0 bridgehead atoms. The van der Waals surface area contributed by atoms with Crippen LogP contribution in [0.5, 0.6) is 0 Å². The number of carbonyl (C=O) groups excluding carboxylic acids is 1. The van der Waals surface area contributed by atoms with E-state index >= 15 is 0 Å². The standard InChI is InChI=1S/C14H20ClNO2/c1-3-13(11-6-4-7-12(15)10-11)16-9-5-8-14(17)18-2/h4,6-7,10,13,16H,3,5,8-9H2,1-2H3. The Labute approximate surface area is 113 Å². The Hall–Kier alpha value is -1.06. The molecule has 1 atom stereocenters. The second kappa shape index (κ2) is 8.11. The minimum Gasteiger partial charge on any atom is -0.469 e. The van der Waals surface area contributed by atoms with E-state index in [9.17, 15) is 4.79 Å². The predicted octanol–water partition coefficient (Wildman–Crippen LogP) is 3.33. The zero-order valence-electron chi connectivity index (χ0n) is 10.9. The van der Waals surface area contributed by atoms with E-state index in [1.54, 1.807) is 0 Å². The lowest BCUT2D eigenvalue weighted by molar-refractivity contribution is -0.140. The van der Waals surface area contributed by atoms with Crippen molar-refractivity contribution in [1.82, 2.24) is 5.32 Å². The van der Waals surface area contributed by atoms with Crippen LogP contribution in [0, 0.1) is 0 Å². The van der Waals surface area contributed by atoms with Crippen molar-refractivity contribution >= 4 is 17.6 Å². The van der Waals surface area contributed by atoms with Gasteiger partial charge in [-0.15, -0.1) is 0 Å². The number of hydrogen-bond donors (Lipinski definition) is 1. The van der Waals surface area contributed by atoms with E-state index in [0.717, 1.165) is 24.4 Å². The molecule has 18 heavy (non-hydrogen) atoms. The summed E-state index contributed by atoms with van der Waals surface area (Å²) in [6.07, 6.45) is 2.22. The van der Waals surface area contributed by atoms with Crippen molar-refractivity contribution < 1.29 is 9.53 Å². The average Bonchev–Trinajstić information content (AvgIpc) is 2.38. The summed E-state index contributed by atoms with van der Waals surface area (Å²) in [5.41, 5.74) is 1.18. The third-order valence-corrected chi connectivity index (χ3v) is 3.07. The molecule has 0 radical (unpaired) electrons. The van der Waals surface area contributed by atoms with Gasteiger partial charge in [0.15, 0.2) is 0 Å². The molecule has 0 aliphatic rings. The van der Waals surface area contributed by atoms with Crippen LogP contribution >= 0.6 is 11.6 Å². The zero-order valence-corrected chi connectivity index (χ0v) is 11.7. The van der Waals surface area contributed by atoms with Gasteiger partial charge in [-0.25, -0.2) is 0 Å². The Morgan fingerprint density at radius 3 is 2.89 bits per heavy atom. The molecule has 0 aromatic heterocycles. The van der Waals surface area contributed by atoms with Crippen molar-refractivity contribution in [2.24, 2.45) is 0 Å². The summed E-state index contributed by atoms with van der Waals surface area (Å²) >= 11 is 5.98. The topological polar surface area (TPSA) is 38.3 Å². The van der Waals surface area contributed by atoms with Gasteiger partial charge in [0.25, 0.3) is 0 Å².